The lowest BCUT2D eigenvalue weighted by molar-refractivity contribution is 0.898. The van der Waals surface area contributed by atoms with Gasteiger partial charge in [-0.1, -0.05) is 24.3 Å². The van der Waals surface area contributed by atoms with Crippen molar-refractivity contribution in [3.05, 3.63) is 47.6 Å². The topological polar surface area (TPSA) is 17.8 Å². The van der Waals surface area contributed by atoms with Gasteiger partial charge in [0.25, 0.3) is 0 Å². The number of hydrogen-bond donors (Lipinski definition) is 0. The summed E-state index contributed by atoms with van der Waals surface area (Å²) in [5.74, 6) is 1.08. The molecule has 86 valence electrons. The minimum atomic E-state index is 0.994. The molecule has 0 saturated heterocycles. The summed E-state index contributed by atoms with van der Waals surface area (Å²) < 4.78 is 2.28. The van der Waals surface area contributed by atoms with E-state index >= 15 is 0 Å². The second-order valence-electron chi connectivity index (χ2n) is 4.43. The number of nitrogens with zero attached hydrogens (tertiary/aromatic N) is 2. The molecule has 0 fully saturated rings. The van der Waals surface area contributed by atoms with Gasteiger partial charge in [0.2, 0.25) is 0 Å². The number of fused-ring (bicyclic) bond motifs is 1. The van der Waals surface area contributed by atoms with Gasteiger partial charge in [-0.15, -0.1) is 0 Å². The number of allylic oxidation sites excluding steroid dienone is 6. The molecule has 0 N–H and O–H groups in total. The van der Waals surface area contributed by atoms with Crippen LogP contribution in [0.1, 0.15) is 36.5 Å². The highest BCUT2D eigenvalue weighted by molar-refractivity contribution is 5.68. The molecule has 0 aliphatic heterocycles. The number of aryl methyl sites for hydroxylation is 1. The highest BCUT2D eigenvalue weighted by atomic mass is 15.1. The van der Waals surface area contributed by atoms with Crippen molar-refractivity contribution in [1.29, 1.82) is 0 Å². The van der Waals surface area contributed by atoms with E-state index in [2.05, 4.69) is 59.0 Å². The maximum Gasteiger partial charge on any atom is 0.111 e. The summed E-state index contributed by atoms with van der Waals surface area (Å²) >= 11 is 0. The van der Waals surface area contributed by atoms with Gasteiger partial charge in [-0.3, -0.25) is 0 Å². The predicted octanol–water partition coefficient (Wildman–Crippen LogP) is 3.81. The Morgan fingerprint density at radius 2 is 2.06 bits per heavy atom. The summed E-state index contributed by atoms with van der Waals surface area (Å²) in [6, 6.07) is 0. The molecule has 0 bridgehead atoms. The highest BCUT2D eigenvalue weighted by Crippen LogP contribution is 2.26. The van der Waals surface area contributed by atoms with E-state index in [9.17, 15) is 0 Å². The minimum Gasteiger partial charge on any atom is -0.300 e. The number of aromatic nitrogens is 2. The van der Waals surface area contributed by atoms with E-state index in [1.54, 1.807) is 0 Å². The largest absolute Gasteiger partial charge is 0.300 e. The van der Waals surface area contributed by atoms with E-state index in [0.29, 0.717) is 0 Å². The number of rotatable bonds is 1. The molecule has 1 heterocycles. The van der Waals surface area contributed by atoms with Gasteiger partial charge in [0.05, 0.1) is 11.4 Å². The van der Waals surface area contributed by atoms with Crippen molar-refractivity contribution in [2.75, 3.05) is 0 Å². The second-order valence-corrected chi connectivity index (χ2v) is 4.43. The zero-order valence-corrected chi connectivity index (χ0v) is 10.1. The first kappa shape index (κ1) is 10.3. The minimum absolute atomic E-state index is 0.994. The summed E-state index contributed by atoms with van der Waals surface area (Å²) in [7, 11) is 0. The molecule has 1 aromatic heterocycles. The van der Waals surface area contributed by atoms with Crippen LogP contribution in [0.25, 0.3) is 17.8 Å². The quantitative estimate of drug-likeness (QED) is 0.709. The number of imidazole rings is 1. The Labute approximate surface area is 102 Å². The lowest BCUT2D eigenvalue weighted by Crippen LogP contribution is -2.03. The summed E-state index contributed by atoms with van der Waals surface area (Å²) in [6.45, 7) is 2.08. The van der Waals surface area contributed by atoms with Crippen molar-refractivity contribution >= 4 is 17.8 Å². The molecular weight excluding hydrogens is 208 g/mol. The van der Waals surface area contributed by atoms with Crippen LogP contribution in [0.3, 0.4) is 0 Å². The first-order valence-corrected chi connectivity index (χ1v) is 6.15. The van der Waals surface area contributed by atoms with Crippen molar-refractivity contribution in [2.24, 2.45) is 0 Å². The van der Waals surface area contributed by atoms with Crippen molar-refractivity contribution in [2.45, 2.75) is 26.2 Å². The molecule has 2 heteroatoms. The molecule has 0 atom stereocenters. The van der Waals surface area contributed by atoms with Crippen LogP contribution in [0.2, 0.25) is 0 Å². The average Bonchev–Trinajstić information content (AvgIpc) is 2.52. The average molecular weight is 224 g/mol. The Morgan fingerprint density at radius 3 is 2.88 bits per heavy atom. The van der Waals surface area contributed by atoms with Crippen molar-refractivity contribution in [3.8, 4) is 0 Å². The summed E-state index contributed by atoms with van der Waals surface area (Å²) in [4.78, 5) is 4.65. The summed E-state index contributed by atoms with van der Waals surface area (Å²) in [5, 5.41) is 0. The molecule has 3 rings (SSSR count). The van der Waals surface area contributed by atoms with Crippen LogP contribution in [-0.4, -0.2) is 9.55 Å². The van der Waals surface area contributed by atoms with Crippen LogP contribution >= 0.6 is 0 Å². The van der Waals surface area contributed by atoms with Crippen LogP contribution in [0, 0.1) is 6.92 Å². The monoisotopic (exact) mass is 224 g/mol. The smallest absolute Gasteiger partial charge is 0.111 e. The van der Waals surface area contributed by atoms with Gasteiger partial charge in [-0.25, -0.2) is 4.98 Å². The van der Waals surface area contributed by atoms with Gasteiger partial charge >= 0.3 is 0 Å². The second kappa shape index (κ2) is 4.21. The standard InChI is InChI=1S/C15H16N2/c1-12-16-14-10-6-3-7-11-15(14)17(12)13-8-4-2-5-9-13/h2,4,6-8,10-11H,3,5,9H2,1H3. The predicted molar refractivity (Wildman–Crippen MR) is 72.3 cm³/mol. The molecule has 0 aromatic carbocycles. The van der Waals surface area contributed by atoms with Crippen LogP contribution in [0.4, 0.5) is 0 Å². The molecule has 0 spiro atoms. The molecule has 17 heavy (non-hydrogen) atoms. The fourth-order valence-electron chi connectivity index (χ4n) is 2.43. The Bertz CT molecular complexity index is 554. The molecule has 0 saturated carbocycles. The molecule has 2 aliphatic rings. The fraction of sp³-hybridized carbons (Fsp3) is 0.267. The molecule has 1 aromatic rings. The van der Waals surface area contributed by atoms with Crippen molar-refractivity contribution in [3.63, 3.8) is 0 Å². The van der Waals surface area contributed by atoms with Crippen LogP contribution < -0.4 is 0 Å². The van der Waals surface area contributed by atoms with Crippen LogP contribution in [-0.2, 0) is 0 Å². The zero-order chi connectivity index (χ0) is 11.7. The highest BCUT2D eigenvalue weighted by Gasteiger charge is 2.14. The third-order valence-corrected chi connectivity index (χ3v) is 3.21. The number of hydrogen-bond acceptors (Lipinski definition) is 1. The first-order chi connectivity index (χ1) is 8.36. The van der Waals surface area contributed by atoms with Gasteiger partial charge in [-0.05, 0) is 44.4 Å². The molecule has 0 unspecified atom stereocenters. The van der Waals surface area contributed by atoms with Crippen molar-refractivity contribution in [1.82, 2.24) is 9.55 Å². The van der Waals surface area contributed by atoms with Gasteiger partial charge in [0.1, 0.15) is 5.82 Å². The van der Waals surface area contributed by atoms with Gasteiger partial charge in [-0.2, -0.15) is 0 Å². The van der Waals surface area contributed by atoms with E-state index in [1.807, 2.05) is 0 Å². The van der Waals surface area contributed by atoms with Gasteiger partial charge in [0.15, 0.2) is 0 Å². The van der Waals surface area contributed by atoms with Gasteiger partial charge in [0, 0.05) is 5.70 Å². The lowest BCUT2D eigenvalue weighted by Gasteiger charge is -2.14. The molecule has 0 radical (unpaired) electrons. The third kappa shape index (κ3) is 1.80. The Hall–Kier alpha value is -1.83. The zero-order valence-electron chi connectivity index (χ0n) is 10.1. The fourth-order valence-corrected chi connectivity index (χ4v) is 2.43. The Kier molecular flexibility index (Phi) is 2.56. The van der Waals surface area contributed by atoms with Gasteiger partial charge < -0.3 is 4.57 Å². The summed E-state index contributed by atoms with van der Waals surface area (Å²) in [5.41, 5.74) is 3.66. The van der Waals surface area contributed by atoms with E-state index in [0.717, 1.165) is 30.8 Å². The van der Waals surface area contributed by atoms with E-state index in [1.165, 1.54) is 11.4 Å². The normalized spacial score (nSPS) is 17.8. The molecule has 2 nitrogen and oxygen atoms in total. The van der Waals surface area contributed by atoms with Crippen LogP contribution in [0.15, 0.2) is 30.4 Å². The Morgan fingerprint density at radius 1 is 1.18 bits per heavy atom. The van der Waals surface area contributed by atoms with E-state index in [-0.39, 0.29) is 0 Å². The summed E-state index contributed by atoms with van der Waals surface area (Å²) in [6.07, 6.45) is 18.4. The van der Waals surface area contributed by atoms with Crippen LogP contribution in [0.5, 0.6) is 0 Å². The lowest BCUT2D eigenvalue weighted by atomic mass is 10.1. The SMILES string of the molecule is Cc1nc2c(n1C1=CC=CCC1)C=CCC=C2. The molecular formula is C15H16N2. The first-order valence-electron chi connectivity index (χ1n) is 6.15. The third-order valence-electron chi connectivity index (χ3n) is 3.21. The molecule has 2 aliphatic carbocycles. The Balaban J connectivity index is 2.16. The maximum absolute atomic E-state index is 4.65. The molecule has 0 amide bonds. The van der Waals surface area contributed by atoms with E-state index < -0.39 is 0 Å². The van der Waals surface area contributed by atoms with Crippen molar-refractivity contribution < 1.29 is 0 Å². The maximum atomic E-state index is 4.65. The van der Waals surface area contributed by atoms with E-state index in [4.69, 9.17) is 0 Å².